The van der Waals surface area contributed by atoms with Gasteiger partial charge in [-0.25, -0.2) is 5.43 Å². The molecule has 1 amide bonds. The van der Waals surface area contributed by atoms with Crippen LogP contribution in [0.3, 0.4) is 0 Å². The Labute approximate surface area is 201 Å². The van der Waals surface area contributed by atoms with E-state index in [9.17, 15) is 4.79 Å². The molecule has 166 valence electrons. The highest BCUT2D eigenvalue weighted by atomic mass is 35.5. The van der Waals surface area contributed by atoms with Crippen LogP contribution in [-0.4, -0.2) is 21.8 Å². The minimum Gasteiger partial charge on any atom is -0.489 e. The summed E-state index contributed by atoms with van der Waals surface area (Å²) in [5.74, 6) is 0.320. The molecule has 4 rings (SSSR count). The van der Waals surface area contributed by atoms with E-state index in [0.717, 1.165) is 16.7 Å². The number of hydrazone groups is 1. The molecule has 3 aromatic carbocycles. The molecule has 0 unspecified atom stereocenters. The van der Waals surface area contributed by atoms with Crippen LogP contribution in [0, 0.1) is 0 Å². The summed E-state index contributed by atoms with van der Waals surface area (Å²) in [4.78, 5) is 12.4. The third kappa shape index (κ3) is 5.80. The summed E-state index contributed by atoms with van der Waals surface area (Å²) in [6, 6.07) is 23.9. The number of carbonyl (C=O) groups is 1. The van der Waals surface area contributed by atoms with Gasteiger partial charge in [0, 0.05) is 21.2 Å². The van der Waals surface area contributed by atoms with E-state index in [1.807, 2.05) is 60.7 Å². The Balaban J connectivity index is 1.37. The summed E-state index contributed by atoms with van der Waals surface area (Å²) >= 11 is 12.1. The summed E-state index contributed by atoms with van der Waals surface area (Å²) in [5.41, 5.74) is 6.76. The lowest BCUT2D eigenvalue weighted by Crippen LogP contribution is -2.19. The molecule has 0 aliphatic heterocycles. The Kier molecular flexibility index (Phi) is 7.07. The predicted octanol–water partition coefficient (Wildman–Crippen LogP) is 6.12. The quantitative estimate of drug-likeness (QED) is 0.248. The Morgan fingerprint density at radius 2 is 1.76 bits per heavy atom. The van der Waals surface area contributed by atoms with Crippen LogP contribution in [0.5, 0.6) is 5.75 Å². The maximum atomic E-state index is 12.4. The number of aromatic nitrogens is 2. The second-order valence-corrected chi connectivity index (χ2v) is 8.06. The van der Waals surface area contributed by atoms with Crippen molar-refractivity contribution in [3.8, 4) is 17.0 Å². The standard InChI is InChI=1S/C25H20Cl2N4O2/c1-16(17-6-10-20(26)11-7-17)28-31-25(32)24-14-23(29-30-24)18-8-12-21(13-9-18)33-15-19-4-2-3-5-22(19)27/h2-14H,15H2,1H3,(H,29,30)(H,31,32)/b28-16+. The molecule has 0 aliphatic carbocycles. The van der Waals surface area contributed by atoms with E-state index in [1.165, 1.54) is 0 Å². The van der Waals surface area contributed by atoms with Gasteiger partial charge in [0.15, 0.2) is 0 Å². The normalized spacial score (nSPS) is 11.3. The summed E-state index contributed by atoms with van der Waals surface area (Å²) in [5, 5.41) is 12.4. The molecule has 0 saturated heterocycles. The molecule has 0 fully saturated rings. The zero-order valence-corrected chi connectivity index (χ0v) is 19.2. The van der Waals surface area contributed by atoms with Crippen LogP contribution in [0.25, 0.3) is 11.3 Å². The molecule has 6 nitrogen and oxygen atoms in total. The maximum Gasteiger partial charge on any atom is 0.289 e. The van der Waals surface area contributed by atoms with Crippen molar-refractivity contribution < 1.29 is 9.53 Å². The molecule has 0 aliphatic rings. The molecule has 8 heteroatoms. The fraction of sp³-hybridized carbons (Fsp3) is 0.0800. The molecule has 2 N–H and O–H groups in total. The van der Waals surface area contributed by atoms with E-state index >= 15 is 0 Å². The Morgan fingerprint density at radius 3 is 2.48 bits per heavy atom. The highest BCUT2D eigenvalue weighted by Gasteiger charge is 2.11. The zero-order valence-electron chi connectivity index (χ0n) is 17.7. The van der Waals surface area contributed by atoms with Crippen LogP contribution in [0.1, 0.15) is 28.5 Å². The first-order valence-electron chi connectivity index (χ1n) is 10.1. The molecular formula is C25H20Cl2N4O2. The van der Waals surface area contributed by atoms with Gasteiger partial charge in [0.1, 0.15) is 18.1 Å². The van der Waals surface area contributed by atoms with Gasteiger partial charge in [-0.05, 0) is 61.0 Å². The number of aromatic amines is 1. The van der Waals surface area contributed by atoms with Gasteiger partial charge in [-0.3, -0.25) is 9.89 Å². The molecule has 0 bridgehead atoms. The molecule has 0 radical (unpaired) electrons. The number of halogens is 2. The van der Waals surface area contributed by atoms with E-state index < -0.39 is 0 Å². The number of hydrogen-bond donors (Lipinski definition) is 2. The van der Waals surface area contributed by atoms with Gasteiger partial charge in [0.05, 0.1) is 11.4 Å². The van der Waals surface area contributed by atoms with E-state index in [2.05, 4.69) is 20.7 Å². The number of amides is 1. The van der Waals surface area contributed by atoms with Gasteiger partial charge in [-0.2, -0.15) is 10.2 Å². The third-order valence-electron chi connectivity index (χ3n) is 4.91. The van der Waals surface area contributed by atoms with E-state index in [1.54, 1.807) is 25.1 Å². The van der Waals surface area contributed by atoms with Crippen molar-refractivity contribution in [1.29, 1.82) is 0 Å². The molecule has 0 atom stereocenters. The lowest BCUT2D eigenvalue weighted by molar-refractivity contribution is 0.0950. The summed E-state index contributed by atoms with van der Waals surface area (Å²) in [6.07, 6.45) is 0. The number of carbonyl (C=O) groups excluding carboxylic acids is 1. The third-order valence-corrected chi connectivity index (χ3v) is 5.53. The first-order valence-corrected chi connectivity index (χ1v) is 10.9. The minimum absolute atomic E-state index is 0.303. The van der Waals surface area contributed by atoms with E-state index in [-0.39, 0.29) is 5.91 Å². The van der Waals surface area contributed by atoms with E-state index in [4.69, 9.17) is 27.9 Å². The van der Waals surface area contributed by atoms with Crippen LogP contribution >= 0.6 is 23.2 Å². The average Bonchev–Trinajstić information content (AvgIpc) is 3.33. The monoisotopic (exact) mass is 478 g/mol. The van der Waals surface area contributed by atoms with Crippen LogP contribution in [0.15, 0.2) is 84.0 Å². The number of nitrogens with one attached hydrogen (secondary N) is 2. The fourth-order valence-corrected chi connectivity index (χ4v) is 3.35. The van der Waals surface area contributed by atoms with Crippen LogP contribution in [0.4, 0.5) is 0 Å². The van der Waals surface area contributed by atoms with Gasteiger partial charge < -0.3 is 4.74 Å². The number of hydrogen-bond acceptors (Lipinski definition) is 4. The molecule has 0 saturated carbocycles. The van der Waals surface area contributed by atoms with Crippen molar-refractivity contribution in [3.63, 3.8) is 0 Å². The topological polar surface area (TPSA) is 79.4 Å². The van der Waals surface area contributed by atoms with Crippen molar-refractivity contribution >= 4 is 34.8 Å². The van der Waals surface area contributed by atoms with Crippen molar-refractivity contribution in [1.82, 2.24) is 15.6 Å². The lowest BCUT2D eigenvalue weighted by atomic mass is 10.1. The summed E-state index contributed by atoms with van der Waals surface area (Å²) in [6.45, 7) is 2.18. The molecular weight excluding hydrogens is 459 g/mol. The molecule has 33 heavy (non-hydrogen) atoms. The Hall–Kier alpha value is -3.61. The predicted molar refractivity (Wildman–Crippen MR) is 131 cm³/mol. The molecule has 4 aromatic rings. The van der Waals surface area contributed by atoms with Gasteiger partial charge in [-0.1, -0.05) is 53.5 Å². The fourth-order valence-electron chi connectivity index (χ4n) is 3.03. The van der Waals surface area contributed by atoms with E-state index in [0.29, 0.717) is 39.5 Å². The zero-order chi connectivity index (χ0) is 23.2. The second-order valence-electron chi connectivity index (χ2n) is 7.22. The van der Waals surface area contributed by atoms with Crippen LogP contribution < -0.4 is 10.2 Å². The molecule has 1 aromatic heterocycles. The van der Waals surface area contributed by atoms with Crippen LogP contribution in [-0.2, 0) is 6.61 Å². The van der Waals surface area contributed by atoms with Crippen molar-refractivity contribution in [2.24, 2.45) is 5.10 Å². The first kappa shape index (κ1) is 22.6. The summed E-state index contributed by atoms with van der Waals surface area (Å²) < 4.78 is 5.81. The Bertz CT molecular complexity index is 1280. The van der Waals surface area contributed by atoms with Gasteiger partial charge >= 0.3 is 0 Å². The first-order chi connectivity index (χ1) is 16.0. The summed E-state index contributed by atoms with van der Waals surface area (Å²) in [7, 11) is 0. The van der Waals surface area contributed by atoms with Crippen molar-refractivity contribution in [2.45, 2.75) is 13.5 Å². The number of H-pyrrole nitrogens is 1. The lowest BCUT2D eigenvalue weighted by Gasteiger charge is -2.08. The average molecular weight is 479 g/mol. The highest BCUT2D eigenvalue weighted by molar-refractivity contribution is 6.31. The van der Waals surface area contributed by atoms with Gasteiger partial charge in [0.25, 0.3) is 5.91 Å². The number of ether oxygens (including phenoxy) is 1. The SMILES string of the molecule is C/C(=N\NC(=O)c1cc(-c2ccc(OCc3ccccc3Cl)cc2)n[nH]1)c1ccc(Cl)cc1. The number of benzene rings is 3. The molecule has 0 spiro atoms. The number of rotatable bonds is 7. The largest absolute Gasteiger partial charge is 0.489 e. The maximum absolute atomic E-state index is 12.4. The smallest absolute Gasteiger partial charge is 0.289 e. The second kappa shape index (κ2) is 10.3. The van der Waals surface area contributed by atoms with Gasteiger partial charge in [0.2, 0.25) is 0 Å². The number of nitrogens with zero attached hydrogens (tertiary/aromatic N) is 2. The van der Waals surface area contributed by atoms with Gasteiger partial charge in [-0.15, -0.1) is 0 Å². The highest BCUT2D eigenvalue weighted by Crippen LogP contribution is 2.23. The minimum atomic E-state index is -0.387. The molecule has 1 heterocycles. The Morgan fingerprint density at radius 1 is 1.03 bits per heavy atom. The van der Waals surface area contributed by atoms with Crippen LogP contribution in [0.2, 0.25) is 10.0 Å². The van der Waals surface area contributed by atoms with Crippen molar-refractivity contribution in [3.05, 3.63) is 106 Å². The van der Waals surface area contributed by atoms with Crippen molar-refractivity contribution in [2.75, 3.05) is 0 Å².